The summed E-state index contributed by atoms with van der Waals surface area (Å²) in [6, 6.07) is 21.1. The number of carbonyl (C=O) groups is 1. The molecule has 2 N–H and O–H groups in total. The van der Waals surface area contributed by atoms with E-state index in [0.717, 1.165) is 11.1 Å². The molecular weight excluding hydrogens is 411 g/mol. The molecule has 3 aromatic carbocycles. The number of hydrogen-bond donors (Lipinski definition) is 2. The Kier molecular flexibility index (Phi) is 7.25. The maximum absolute atomic E-state index is 12.0. The first-order valence-corrected chi connectivity index (χ1v) is 9.51. The molecule has 1 atom stereocenters. The molecule has 0 aliphatic rings. The minimum absolute atomic E-state index is 0.288. The summed E-state index contributed by atoms with van der Waals surface area (Å²) >= 11 is 12.0. The van der Waals surface area contributed by atoms with Crippen molar-refractivity contribution < 1.29 is 14.6 Å². The van der Waals surface area contributed by atoms with Crippen LogP contribution in [0, 0.1) is 0 Å². The minimum Gasteiger partial charge on any atom is -0.489 e. The van der Waals surface area contributed by atoms with Gasteiger partial charge in [-0.25, -0.2) is 5.43 Å². The summed E-state index contributed by atoms with van der Waals surface area (Å²) in [6.45, 7) is 0.288. The molecule has 3 rings (SSSR count). The second-order valence-electron chi connectivity index (χ2n) is 6.14. The zero-order chi connectivity index (χ0) is 20.6. The molecule has 0 aromatic heterocycles. The van der Waals surface area contributed by atoms with Crippen LogP contribution >= 0.6 is 23.2 Å². The SMILES string of the molecule is O=C(N/N=C\c1cccc(OCc2ccc(Cl)cc2Cl)c1)[C@H](O)c1ccccc1. The third kappa shape index (κ3) is 6.06. The lowest BCUT2D eigenvalue weighted by Crippen LogP contribution is -2.25. The fraction of sp³-hybridized carbons (Fsp3) is 0.0909. The average molecular weight is 429 g/mol. The van der Waals surface area contributed by atoms with Crippen molar-refractivity contribution in [2.75, 3.05) is 0 Å². The van der Waals surface area contributed by atoms with Gasteiger partial charge in [0.05, 0.1) is 6.21 Å². The predicted molar refractivity (Wildman–Crippen MR) is 114 cm³/mol. The molecule has 0 bridgehead atoms. The highest BCUT2D eigenvalue weighted by Gasteiger charge is 2.15. The van der Waals surface area contributed by atoms with E-state index in [1.165, 1.54) is 6.21 Å². The molecule has 0 saturated carbocycles. The summed E-state index contributed by atoms with van der Waals surface area (Å²) in [5, 5.41) is 15.0. The summed E-state index contributed by atoms with van der Waals surface area (Å²) in [7, 11) is 0. The number of halogens is 2. The van der Waals surface area contributed by atoms with Crippen LogP contribution in [0.15, 0.2) is 77.9 Å². The normalized spacial score (nSPS) is 12.0. The lowest BCUT2D eigenvalue weighted by molar-refractivity contribution is -0.129. The van der Waals surface area contributed by atoms with Gasteiger partial charge >= 0.3 is 0 Å². The van der Waals surface area contributed by atoms with Crippen LogP contribution in [-0.4, -0.2) is 17.2 Å². The molecule has 0 radical (unpaired) electrons. The van der Waals surface area contributed by atoms with Gasteiger partial charge in [-0.15, -0.1) is 0 Å². The summed E-state index contributed by atoms with van der Waals surface area (Å²) in [6.07, 6.45) is 0.185. The Bertz CT molecular complexity index is 1010. The van der Waals surface area contributed by atoms with Crippen molar-refractivity contribution in [3.05, 3.63) is 99.5 Å². The Morgan fingerprint density at radius 2 is 1.86 bits per heavy atom. The van der Waals surface area contributed by atoms with Crippen LogP contribution in [0.5, 0.6) is 5.75 Å². The summed E-state index contributed by atoms with van der Waals surface area (Å²) in [5.74, 6) is 0.00727. The molecule has 7 heteroatoms. The van der Waals surface area contributed by atoms with Gasteiger partial charge in [-0.2, -0.15) is 5.10 Å². The van der Waals surface area contributed by atoms with Crippen LogP contribution in [-0.2, 0) is 11.4 Å². The zero-order valence-electron chi connectivity index (χ0n) is 15.3. The Balaban J connectivity index is 1.57. The molecular formula is C22H18Cl2N2O3. The monoisotopic (exact) mass is 428 g/mol. The number of nitrogens with one attached hydrogen (secondary N) is 1. The predicted octanol–water partition coefficient (Wildman–Crippen LogP) is 4.76. The summed E-state index contributed by atoms with van der Waals surface area (Å²) < 4.78 is 5.76. The topological polar surface area (TPSA) is 70.9 Å². The Labute approximate surface area is 178 Å². The lowest BCUT2D eigenvalue weighted by Gasteiger charge is -2.09. The smallest absolute Gasteiger partial charge is 0.273 e. The molecule has 0 unspecified atom stereocenters. The van der Waals surface area contributed by atoms with E-state index >= 15 is 0 Å². The molecule has 3 aromatic rings. The number of aliphatic hydroxyl groups excluding tert-OH is 1. The van der Waals surface area contributed by atoms with Crippen LogP contribution in [0.4, 0.5) is 0 Å². The number of nitrogens with zero attached hydrogens (tertiary/aromatic N) is 1. The maximum Gasteiger partial charge on any atom is 0.273 e. The van der Waals surface area contributed by atoms with Crippen molar-refractivity contribution in [3.8, 4) is 5.75 Å². The molecule has 0 fully saturated rings. The third-order valence-electron chi connectivity index (χ3n) is 4.02. The van der Waals surface area contributed by atoms with Crippen molar-refractivity contribution in [3.63, 3.8) is 0 Å². The Morgan fingerprint density at radius 1 is 1.07 bits per heavy atom. The quantitative estimate of drug-likeness (QED) is 0.421. The molecule has 0 spiro atoms. The summed E-state index contributed by atoms with van der Waals surface area (Å²) in [4.78, 5) is 12.0. The molecule has 148 valence electrons. The van der Waals surface area contributed by atoms with E-state index in [1.54, 1.807) is 54.6 Å². The number of carbonyl (C=O) groups excluding carboxylic acids is 1. The number of amides is 1. The molecule has 29 heavy (non-hydrogen) atoms. The van der Waals surface area contributed by atoms with E-state index in [0.29, 0.717) is 21.4 Å². The third-order valence-corrected chi connectivity index (χ3v) is 4.61. The second kappa shape index (κ2) is 10.1. The fourth-order valence-electron chi connectivity index (χ4n) is 2.50. The zero-order valence-corrected chi connectivity index (χ0v) is 16.8. The van der Waals surface area contributed by atoms with E-state index < -0.39 is 12.0 Å². The average Bonchev–Trinajstić information content (AvgIpc) is 2.73. The standard InChI is InChI=1S/C22H18Cl2N2O3/c23-18-10-9-17(20(24)12-18)14-29-19-8-4-5-15(11-19)13-25-26-22(28)21(27)16-6-2-1-3-7-16/h1-13,21,27H,14H2,(H,26,28)/b25-13-/t21-/m1/s1. The van der Waals surface area contributed by atoms with Gasteiger partial charge < -0.3 is 9.84 Å². The van der Waals surface area contributed by atoms with Gasteiger partial charge in [0.15, 0.2) is 6.10 Å². The number of aliphatic hydroxyl groups is 1. The molecule has 0 heterocycles. The van der Waals surface area contributed by atoms with E-state index in [4.69, 9.17) is 27.9 Å². The first-order valence-electron chi connectivity index (χ1n) is 8.75. The van der Waals surface area contributed by atoms with Crippen molar-refractivity contribution in [1.29, 1.82) is 0 Å². The van der Waals surface area contributed by atoms with Crippen molar-refractivity contribution in [2.45, 2.75) is 12.7 Å². The number of rotatable bonds is 7. The number of hydrogen-bond acceptors (Lipinski definition) is 4. The molecule has 0 aliphatic heterocycles. The van der Waals surface area contributed by atoms with Crippen LogP contribution in [0.3, 0.4) is 0 Å². The van der Waals surface area contributed by atoms with Gasteiger partial charge in [-0.1, -0.05) is 71.7 Å². The lowest BCUT2D eigenvalue weighted by atomic mass is 10.1. The maximum atomic E-state index is 12.0. The van der Waals surface area contributed by atoms with Crippen LogP contribution in [0.1, 0.15) is 22.8 Å². The highest BCUT2D eigenvalue weighted by molar-refractivity contribution is 6.35. The van der Waals surface area contributed by atoms with Crippen LogP contribution in [0.2, 0.25) is 10.0 Å². The van der Waals surface area contributed by atoms with Gasteiger partial charge in [0, 0.05) is 15.6 Å². The van der Waals surface area contributed by atoms with Crippen molar-refractivity contribution >= 4 is 35.3 Å². The van der Waals surface area contributed by atoms with Crippen molar-refractivity contribution in [1.82, 2.24) is 5.43 Å². The first-order chi connectivity index (χ1) is 14.0. The van der Waals surface area contributed by atoms with E-state index in [-0.39, 0.29) is 6.61 Å². The number of benzene rings is 3. The van der Waals surface area contributed by atoms with Gasteiger partial charge in [-0.05, 0) is 35.4 Å². The number of hydrazone groups is 1. The largest absolute Gasteiger partial charge is 0.489 e. The molecule has 0 saturated heterocycles. The highest BCUT2D eigenvalue weighted by Crippen LogP contribution is 2.23. The summed E-state index contributed by atoms with van der Waals surface area (Å²) in [5.41, 5.74) is 4.36. The van der Waals surface area contributed by atoms with Gasteiger partial charge in [0.1, 0.15) is 12.4 Å². The van der Waals surface area contributed by atoms with Gasteiger partial charge in [0.25, 0.3) is 5.91 Å². The minimum atomic E-state index is -1.29. The van der Waals surface area contributed by atoms with Gasteiger partial charge in [0.2, 0.25) is 0 Å². The van der Waals surface area contributed by atoms with E-state index in [2.05, 4.69) is 10.5 Å². The Hall–Kier alpha value is -2.86. The van der Waals surface area contributed by atoms with E-state index in [1.807, 2.05) is 18.2 Å². The van der Waals surface area contributed by atoms with Crippen LogP contribution < -0.4 is 10.2 Å². The highest BCUT2D eigenvalue weighted by atomic mass is 35.5. The Morgan fingerprint density at radius 3 is 2.62 bits per heavy atom. The first kappa shape index (κ1) is 20.9. The second-order valence-corrected chi connectivity index (χ2v) is 6.99. The molecule has 1 amide bonds. The number of ether oxygens (including phenoxy) is 1. The van der Waals surface area contributed by atoms with Gasteiger partial charge in [-0.3, -0.25) is 4.79 Å². The molecule has 5 nitrogen and oxygen atoms in total. The van der Waals surface area contributed by atoms with Crippen LogP contribution in [0.25, 0.3) is 0 Å². The molecule has 0 aliphatic carbocycles. The fourth-order valence-corrected chi connectivity index (χ4v) is 2.97. The van der Waals surface area contributed by atoms with E-state index in [9.17, 15) is 9.90 Å². The van der Waals surface area contributed by atoms with Crippen molar-refractivity contribution in [2.24, 2.45) is 5.10 Å².